The normalized spacial score (nSPS) is 11.1. The van der Waals surface area contributed by atoms with Crippen molar-refractivity contribution in [2.24, 2.45) is 5.10 Å². The highest BCUT2D eigenvalue weighted by Gasteiger charge is 2.07. The molecule has 1 aromatic heterocycles. The zero-order chi connectivity index (χ0) is 17.8. The maximum atomic E-state index is 9.63. The second-order valence-corrected chi connectivity index (χ2v) is 5.66. The molecule has 7 nitrogen and oxygen atoms in total. The number of phenols is 2. The first-order chi connectivity index (χ1) is 12.1. The van der Waals surface area contributed by atoms with Crippen LogP contribution in [0.4, 0.5) is 0 Å². The van der Waals surface area contributed by atoms with E-state index < -0.39 is 0 Å². The van der Waals surface area contributed by atoms with E-state index in [0.29, 0.717) is 22.8 Å². The maximum Gasteiger partial charge on any atom is 0.216 e. The van der Waals surface area contributed by atoms with E-state index in [-0.39, 0.29) is 11.5 Å². The molecule has 0 saturated heterocycles. The Morgan fingerprint density at radius 2 is 2.00 bits per heavy atom. The van der Waals surface area contributed by atoms with Crippen LogP contribution in [0.5, 0.6) is 17.2 Å². The zero-order valence-corrected chi connectivity index (χ0v) is 14.2. The fourth-order valence-electron chi connectivity index (χ4n) is 2.25. The van der Waals surface area contributed by atoms with Crippen LogP contribution in [0.3, 0.4) is 0 Å². The molecule has 8 heteroatoms. The monoisotopic (exact) mass is 356 g/mol. The molecule has 3 rings (SSSR count). The minimum Gasteiger partial charge on any atom is -0.508 e. The van der Waals surface area contributed by atoms with Crippen LogP contribution < -0.4 is 4.74 Å². The summed E-state index contributed by atoms with van der Waals surface area (Å²) in [4.78, 5) is 0. The number of H-pyrrole nitrogens is 1. The largest absolute Gasteiger partial charge is 0.508 e. The van der Waals surface area contributed by atoms with Gasteiger partial charge in [0.2, 0.25) is 4.77 Å². The Labute approximate surface area is 148 Å². The van der Waals surface area contributed by atoms with Crippen LogP contribution in [0.15, 0.2) is 47.6 Å². The number of rotatable bonds is 5. The van der Waals surface area contributed by atoms with Gasteiger partial charge in [-0.2, -0.15) is 14.9 Å². The highest BCUT2D eigenvalue weighted by Crippen LogP contribution is 2.25. The van der Waals surface area contributed by atoms with Crippen LogP contribution in [-0.4, -0.2) is 38.4 Å². The van der Waals surface area contributed by atoms with E-state index in [1.54, 1.807) is 30.5 Å². The number of nitrogens with zero attached hydrogens (tertiary/aromatic N) is 3. The summed E-state index contributed by atoms with van der Waals surface area (Å²) in [7, 11) is 1.48. The van der Waals surface area contributed by atoms with Crippen LogP contribution in [0.1, 0.15) is 17.0 Å². The summed E-state index contributed by atoms with van der Waals surface area (Å²) in [6.07, 6.45) is 2.11. The molecule has 0 amide bonds. The van der Waals surface area contributed by atoms with Crippen molar-refractivity contribution in [2.45, 2.75) is 6.42 Å². The molecule has 0 fully saturated rings. The third kappa shape index (κ3) is 3.86. The molecule has 0 saturated carbocycles. The maximum absolute atomic E-state index is 9.63. The summed E-state index contributed by atoms with van der Waals surface area (Å²) in [5.41, 5.74) is 1.71. The van der Waals surface area contributed by atoms with Crippen LogP contribution in [0.2, 0.25) is 0 Å². The van der Waals surface area contributed by atoms with Gasteiger partial charge in [-0.05, 0) is 53.7 Å². The lowest BCUT2D eigenvalue weighted by atomic mass is 10.1. The Bertz CT molecular complexity index is 961. The second kappa shape index (κ2) is 7.18. The van der Waals surface area contributed by atoms with Gasteiger partial charge in [0.1, 0.15) is 5.75 Å². The average molecular weight is 356 g/mol. The molecule has 3 N–H and O–H groups in total. The van der Waals surface area contributed by atoms with E-state index in [1.165, 1.54) is 17.9 Å². The van der Waals surface area contributed by atoms with Gasteiger partial charge in [-0.1, -0.05) is 12.1 Å². The number of hydrogen-bond acceptors (Lipinski definition) is 6. The summed E-state index contributed by atoms with van der Waals surface area (Å²) in [5.74, 6) is 1.27. The van der Waals surface area contributed by atoms with E-state index in [2.05, 4.69) is 15.3 Å². The van der Waals surface area contributed by atoms with E-state index in [9.17, 15) is 10.2 Å². The van der Waals surface area contributed by atoms with Crippen molar-refractivity contribution >= 4 is 18.4 Å². The molecule has 0 atom stereocenters. The lowest BCUT2D eigenvalue weighted by molar-refractivity contribution is 0.373. The Balaban J connectivity index is 1.86. The van der Waals surface area contributed by atoms with E-state index in [0.717, 1.165) is 11.1 Å². The Hall–Kier alpha value is -3.13. The molecule has 3 aromatic rings. The van der Waals surface area contributed by atoms with Gasteiger partial charge in [0.25, 0.3) is 0 Å². The van der Waals surface area contributed by atoms with Gasteiger partial charge >= 0.3 is 0 Å². The molecule has 0 aliphatic rings. The quantitative estimate of drug-likeness (QED) is 0.483. The number of aromatic nitrogens is 3. The Kier molecular flexibility index (Phi) is 4.80. The van der Waals surface area contributed by atoms with Gasteiger partial charge in [-0.15, -0.1) is 0 Å². The molecule has 128 valence electrons. The van der Waals surface area contributed by atoms with Crippen molar-refractivity contribution in [1.29, 1.82) is 0 Å². The molecule has 25 heavy (non-hydrogen) atoms. The zero-order valence-electron chi connectivity index (χ0n) is 13.4. The van der Waals surface area contributed by atoms with Crippen molar-refractivity contribution < 1.29 is 14.9 Å². The molecule has 2 aromatic carbocycles. The third-order valence-corrected chi connectivity index (χ3v) is 3.81. The molecule has 0 aliphatic carbocycles. The standard InChI is InChI=1S/C17H16N4O3S/c1-24-15-8-12(4-7-14(15)23)10-18-21-16(19-20-17(21)25)9-11-2-5-13(22)6-3-11/h2-8,10,22-23H,9H2,1H3,(H,20,25). The van der Waals surface area contributed by atoms with Crippen LogP contribution >= 0.6 is 12.2 Å². The van der Waals surface area contributed by atoms with Crippen LogP contribution in [0, 0.1) is 4.77 Å². The van der Waals surface area contributed by atoms with E-state index in [4.69, 9.17) is 17.0 Å². The van der Waals surface area contributed by atoms with Crippen molar-refractivity contribution in [3.8, 4) is 17.2 Å². The fraction of sp³-hybridized carbons (Fsp3) is 0.118. The number of ether oxygens (including phenoxy) is 1. The number of hydrogen-bond donors (Lipinski definition) is 3. The summed E-state index contributed by atoms with van der Waals surface area (Å²) in [6, 6.07) is 11.8. The predicted octanol–water partition coefficient (Wildman–Crippen LogP) is 2.83. The number of methoxy groups -OCH3 is 1. The first-order valence-electron chi connectivity index (χ1n) is 7.42. The Morgan fingerprint density at radius 3 is 2.72 bits per heavy atom. The van der Waals surface area contributed by atoms with E-state index >= 15 is 0 Å². The van der Waals surface area contributed by atoms with Crippen molar-refractivity contribution in [3.05, 3.63) is 64.2 Å². The minimum absolute atomic E-state index is 0.0626. The third-order valence-electron chi connectivity index (χ3n) is 3.54. The molecule has 0 radical (unpaired) electrons. The average Bonchev–Trinajstić information content (AvgIpc) is 2.96. The van der Waals surface area contributed by atoms with Crippen molar-refractivity contribution in [1.82, 2.24) is 14.9 Å². The number of aromatic hydroxyl groups is 2. The topological polar surface area (TPSA) is 95.7 Å². The lowest BCUT2D eigenvalue weighted by Gasteiger charge is -2.04. The SMILES string of the molecule is COc1cc(C=Nn2c(Cc3ccc(O)cc3)n[nH]c2=S)ccc1O. The molecular formula is C17H16N4O3S. The van der Waals surface area contributed by atoms with Crippen molar-refractivity contribution in [2.75, 3.05) is 7.11 Å². The molecule has 1 heterocycles. The smallest absolute Gasteiger partial charge is 0.216 e. The summed E-state index contributed by atoms with van der Waals surface area (Å²) >= 11 is 5.22. The molecular weight excluding hydrogens is 340 g/mol. The summed E-state index contributed by atoms with van der Waals surface area (Å²) in [6.45, 7) is 0. The number of aromatic amines is 1. The van der Waals surface area contributed by atoms with Gasteiger partial charge in [-0.25, -0.2) is 0 Å². The number of phenolic OH excluding ortho intramolecular Hbond substituents is 2. The summed E-state index contributed by atoms with van der Waals surface area (Å²) in [5, 5.41) is 30.3. The number of nitrogens with one attached hydrogen (secondary N) is 1. The predicted molar refractivity (Wildman–Crippen MR) is 96.0 cm³/mol. The van der Waals surface area contributed by atoms with Crippen molar-refractivity contribution in [3.63, 3.8) is 0 Å². The Morgan fingerprint density at radius 1 is 1.24 bits per heavy atom. The first kappa shape index (κ1) is 16.7. The van der Waals surface area contributed by atoms with Gasteiger partial charge in [-0.3, -0.25) is 5.10 Å². The molecule has 0 aliphatic heterocycles. The van der Waals surface area contributed by atoms with Gasteiger partial charge < -0.3 is 14.9 Å². The van der Waals surface area contributed by atoms with Gasteiger partial charge in [0, 0.05) is 6.42 Å². The van der Waals surface area contributed by atoms with E-state index in [1.807, 2.05) is 12.1 Å². The van der Waals surface area contributed by atoms with Crippen LogP contribution in [-0.2, 0) is 6.42 Å². The fourth-order valence-corrected chi connectivity index (χ4v) is 2.45. The second-order valence-electron chi connectivity index (χ2n) is 5.28. The summed E-state index contributed by atoms with van der Waals surface area (Å²) < 4.78 is 6.98. The molecule has 0 bridgehead atoms. The minimum atomic E-state index is 0.0626. The molecule has 0 unspecified atom stereocenters. The van der Waals surface area contributed by atoms with Crippen LogP contribution in [0.25, 0.3) is 0 Å². The van der Waals surface area contributed by atoms with Gasteiger partial charge in [0.15, 0.2) is 17.3 Å². The first-order valence-corrected chi connectivity index (χ1v) is 7.83. The molecule has 0 spiro atoms. The highest BCUT2D eigenvalue weighted by atomic mass is 32.1. The number of benzene rings is 2. The van der Waals surface area contributed by atoms with Gasteiger partial charge in [0.05, 0.1) is 13.3 Å². The lowest BCUT2D eigenvalue weighted by Crippen LogP contribution is -2.00. The highest BCUT2D eigenvalue weighted by molar-refractivity contribution is 7.71.